The molecule has 0 saturated carbocycles. The number of hydrogen-bond acceptors (Lipinski definition) is 6. The average molecular weight is 378 g/mol. The highest BCUT2D eigenvalue weighted by Gasteiger charge is 2.52. The average Bonchev–Trinajstić information content (AvgIpc) is 2.99. The first-order chi connectivity index (χ1) is 12.6. The summed E-state index contributed by atoms with van der Waals surface area (Å²) < 4.78 is 4.78. The van der Waals surface area contributed by atoms with E-state index in [-0.39, 0.29) is 5.41 Å². The lowest BCUT2D eigenvalue weighted by Crippen LogP contribution is -2.45. The molecule has 0 bridgehead atoms. The summed E-state index contributed by atoms with van der Waals surface area (Å²) in [6.07, 6.45) is 1.26. The maximum absolute atomic E-state index is 10.7. The van der Waals surface area contributed by atoms with Crippen LogP contribution in [0.3, 0.4) is 0 Å². The van der Waals surface area contributed by atoms with Crippen molar-refractivity contribution >= 4 is 23.8 Å². The normalized spacial score (nSPS) is 23.4. The van der Waals surface area contributed by atoms with Gasteiger partial charge in [-0.1, -0.05) is 6.92 Å². The van der Waals surface area contributed by atoms with Crippen molar-refractivity contribution in [2.75, 3.05) is 25.5 Å². The number of aliphatic carboxylic acids is 2. The van der Waals surface area contributed by atoms with E-state index in [1.54, 1.807) is 6.07 Å². The van der Waals surface area contributed by atoms with E-state index in [4.69, 9.17) is 20.1 Å². The molecule has 2 heterocycles. The zero-order valence-electron chi connectivity index (χ0n) is 15.2. The van der Waals surface area contributed by atoms with Crippen LogP contribution in [-0.4, -0.2) is 65.1 Å². The van der Waals surface area contributed by atoms with Crippen molar-refractivity contribution in [2.45, 2.75) is 24.9 Å². The highest BCUT2D eigenvalue weighted by molar-refractivity contribution is 5.89. The van der Waals surface area contributed by atoms with Gasteiger partial charge in [-0.15, -0.1) is 0 Å². The molecule has 9 heteroatoms. The fraction of sp³-hybridized carbons (Fsp3) is 0.389. The van der Waals surface area contributed by atoms with Crippen molar-refractivity contribution in [1.82, 2.24) is 4.90 Å². The molecule has 0 aromatic heterocycles. The molecule has 1 saturated heterocycles. The van der Waals surface area contributed by atoms with Crippen LogP contribution < -0.4 is 9.64 Å². The molecule has 1 aromatic rings. The van der Waals surface area contributed by atoms with Crippen molar-refractivity contribution in [2.24, 2.45) is 0 Å². The predicted molar refractivity (Wildman–Crippen MR) is 96.3 cm³/mol. The molecule has 2 atom stereocenters. The number of likely N-dealkylation sites (N-methyl/N-ethyl adjacent to an activating group) is 2. The van der Waals surface area contributed by atoms with Gasteiger partial charge in [-0.05, 0) is 37.2 Å². The van der Waals surface area contributed by atoms with Gasteiger partial charge in [0, 0.05) is 36.8 Å². The zero-order valence-corrected chi connectivity index (χ0v) is 15.2. The molecule has 2 unspecified atom stereocenters. The Morgan fingerprint density at radius 1 is 1.15 bits per heavy atom. The molecule has 2 aliphatic heterocycles. The van der Waals surface area contributed by atoms with Crippen LogP contribution in [0.15, 0.2) is 30.4 Å². The smallest absolute Gasteiger partial charge is 0.478 e. The molecule has 3 rings (SSSR count). The number of likely N-dealkylation sites (tertiary alicyclic amines) is 1. The van der Waals surface area contributed by atoms with Crippen LogP contribution >= 0.6 is 0 Å². The highest BCUT2D eigenvalue weighted by Crippen LogP contribution is 2.51. The largest absolute Gasteiger partial charge is 0.511 e. The molecule has 2 aliphatic rings. The first-order valence-electron chi connectivity index (χ1n) is 8.18. The van der Waals surface area contributed by atoms with Crippen LogP contribution in [0, 0.1) is 0 Å². The Labute approximate surface area is 156 Å². The number of carboxylic acid groups (broad SMARTS) is 3. The topological polar surface area (TPSA) is 128 Å². The van der Waals surface area contributed by atoms with Crippen molar-refractivity contribution in [3.05, 3.63) is 35.9 Å². The van der Waals surface area contributed by atoms with E-state index in [1.807, 2.05) is 12.1 Å². The van der Waals surface area contributed by atoms with E-state index in [1.165, 1.54) is 5.56 Å². The van der Waals surface area contributed by atoms with Gasteiger partial charge in [0.15, 0.2) is 0 Å². The quantitative estimate of drug-likeness (QED) is 0.410. The standard InChI is InChI=1S/C14H18N2O3.C4H4O4/c1-14-6-7-15(2)12(14)16(3)11-5-4-9(8-10(11)14)19-13(17)18;5-3(6)1-2-4(7)8/h4-5,8,12H,6-7H2,1-3H3,(H,17,18);1-2H,(H,5,6)(H,7,8)/b;2-1+. The molecule has 0 aliphatic carbocycles. The second-order valence-electron chi connectivity index (χ2n) is 6.69. The summed E-state index contributed by atoms with van der Waals surface area (Å²) in [5.41, 5.74) is 2.39. The minimum Gasteiger partial charge on any atom is -0.478 e. The second kappa shape index (κ2) is 7.67. The molecular formula is C18H22N2O7. The summed E-state index contributed by atoms with van der Waals surface area (Å²) in [5, 5.41) is 24.3. The number of hydrogen-bond donors (Lipinski definition) is 3. The SMILES string of the molecule is CN1CCC2(C)c3cc(OC(=O)O)ccc3N(C)C12.O=C(O)/C=C/C(=O)O. The molecule has 9 nitrogen and oxygen atoms in total. The minimum atomic E-state index is -1.27. The Bertz CT molecular complexity index is 776. The molecule has 3 N–H and O–H groups in total. The third-order valence-electron chi connectivity index (χ3n) is 4.88. The van der Waals surface area contributed by atoms with Gasteiger partial charge >= 0.3 is 18.1 Å². The molecule has 27 heavy (non-hydrogen) atoms. The van der Waals surface area contributed by atoms with Gasteiger partial charge in [0.05, 0.1) is 6.17 Å². The number of carboxylic acids is 2. The molecule has 0 amide bonds. The Hall–Kier alpha value is -3.07. The van der Waals surface area contributed by atoms with Gasteiger partial charge in [-0.3, -0.25) is 4.90 Å². The summed E-state index contributed by atoms with van der Waals surface area (Å²) in [6.45, 7) is 3.29. The first-order valence-corrected chi connectivity index (χ1v) is 8.18. The Morgan fingerprint density at radius 2 is 1.74 bits per heavy atom. The molecule has 0 spiro atoms. The lowest BCUT2D eigenvalue weighted by Gasteiger charge is -2.32. The number of ether oxygens (including phenoxy) is 1. The van der Waals surface area contributed by atoms with Gasteiger partial charge in [0.2, 0.25) is 0 Å². The van der Waals surface area contributed by atoms with Crippen molar-refractivity contribution < 1.29 is 34.4 Å². The lowest BCUT2D eigenvalue weighted by atomic mass is 9.81. The van der Waals surface area contributed by atoms with Gasteiger partial charge < -0.3 is 25.0 Å². The first kappa shape index (κ1) is 20.2. The third-order valence-corrected chi connectivity index (χ3v) is 4.88. The van der Waals surface area contributed by atoms with Gasteiger partial charge in [-0.2, -0.15) is 0 Å². The molecule has 1 fully saturated rings. The van der Waals surface area contributed by atoms with Crippen molar-refractivity contribution in [3.63, 3.8) is 0 Å². The van der Waals surface area contributed by atoms with E-state index in [0.717, 1.165) is 18.7 Å². The van der Waals surface area contributed by atoms with E-state index in [2.05, 4.69) is 30.8 Å². The van der Waals surface area contributed by atoms with E-state index in [9.17, 15) is 14.4 Å². The van der Waals surface area contributed by atoms with Crippen LogP contribution in [0.1, 0.15) is 18.9 Å². The van der Waals surface area contributed by atoms with Crippen LogP contribution in [0.2, 0.25) is 0 Å². The zero-order chi connectivity index (χ0) is 20.4. The minimum absolute atomic E-state index is 0.0384. The van der Waals surface area contributed by atoms with Crippen molar-refractivity contribution in [3.8, 4) is 5.75 Å². The van der Waals surface area contributed by atoms with Crippen LogP contribution in [0.5, 0.6) is 5.75 Å². The number of fused-ring (bicyclic) bond motifs is 3. The second-order valence-corrected chi connectivity index (χ2v) is 6.69. The molecule has 1 aromatic carbocycles. The van der Waals surface area contributed by atoms with E-state index >= 15 is 0 Å². The van der Waals surface area contributed by atoms with Crippen LogP contribution in [0.4, 0.5) is 10.5 Å². The predicted octanol–water partition coefficient (Wildman–Crippen LogP) is 1.82. The number of rotatable bonds is 3. The molecular weight excluding hydrogens is 356 g/mol. The summed E-state index contributed by atoms with van der Waals surface area (Å²) in [4.78, 5) is 34.4. The summed E-state index contributed by atoms with van der Waals surface area (Å²) in [5.74, 6) is -2.11. The summed E-state index contributed by atoms with van der Waals surface area (Å²) >= 11 is 0. The fourth-order valence-electron chi connectivity index (χ4n) is 3.86. The maximum Gasteiger partial charge on any atom is 0.511 e. The number of anilines is 1. The van der Waals surface area contributed by atoms with E-state index in [0.29, 0.717) is 24.1 Å². The van der Waals surface area contributed by atoms with Gasteiger partial charge in [0.25, 0.3) is 0 Å². The highest BCUT2D eigenvalue weighted by atomic mass is 16.7. The van der Waals surface area contributed by atoms with Crippen molar-refractivity contribution in [1.29, 1.82) is 0 Å². The molecule has 0 radical (unpaired) electrons. The third kappa shape index (κ3) is 4.20. The monoisotopic (exact) mass is 378 g/mol. The Kier molecular flexibility index (Phi) is 5.75. The Balaban J connectivity index is 0.000000279. The molecule has 146 valence electrons. The van der Waals surface area contributed by atoms with Crippen LogP contribution in [-0.2, 0) is 15.0 Å². The van der Waals surface area contributed by atoms with Crippen LogP contribution in [0.25, 0.3) is 0 Å². The fourth-order valence-corrected chi connectivity index (χ4v) is 3.86. The summed E-state index contributed by atoms with van der Waals surface area (Å²) in [7, 11) is 4.22. The van der Waals surface area contributed by atoms with E-state index < -0.39 is 18.1 Å². The van der Waals surface area contributed by atoms with Gasteiger partial charge in [-0.25, -0.2) is 14.4 Å². The summed E-state index contributed by atoms with van der Waals surface area (Å²) in [6, 6.07) is 5.54. The van der Waals surface area contributed by atoms with Gasteiger partial charge in [0.1, 0.15) is 5.75 Å². The number of carbonyl (C=O) groups is 3. The lowest BCUT2D eigenvalue weighted by molar-refractivity contribution is -0.134. The number of nitrogens with zero attached hydrogens (tertiary/aromatic N) is 2. The Morgan fingerprint density at radius 3 is 2.26 bits per heavy atom. The number of benzene rings is 1. The maximum atomic E-state index is 10.7.